The number of phenols is 1. The van der Waals surface area contributed by atoms with Crippen LogP contribution in [-0.4, -0.2) is 44.3 Å². The maximum absolute atomic E-state index is 15.6. The number of hydrogen-bond donors (Lipinski definition) is 1. The monoisotopic (exact) mass is 516 g/mol. The summed E-state index contributed by atoms with van der Waals surface area (Å²) in [5, 5.41) is 19.7. The largest absolute Gasteiger partial charge is 0.507 e. The van der Waals surface area contributed by atoms with Crippen LogP contribution in [0.1, 0.15) is 58.8 Å². The highest BCUT2D eigenvalue weighted by molar-refractivity contribution is 5.74. The predicted octanol–water partition coefficient (Wildman–Crippen LogP) is 6.30. The van der Waals surface area contributed by atoms with Crippen molar-refractivity contribution < 1.29 is 19.0 Å². The number of halogens is 1. The standard InChI is InChI=1S/C30H33FN4O3/c1-30(2)37-25-11-7-19(15-26(25)38-30)18-6-10-22(24(36)14-18)29-32-16-27(33-34-29)35(21-8-9-21)23-13-17-4-3-5-20(12-17)28(23)31/h6-7,10-11,14-17,20-21,23,28,36H,3-5,8-9,12-13H2,1-2H3/t17-,20+,23+,28-/m0/s1. The first-order valence-electron chi connectivity index (χ1n) is 13.8. The minimum Gasteiger partial charge on any atom is -0.507 e. The summed E-state index contributed by atoms with van der Waals surface area (Å²) < 4.78 is 27.2. The molecule has 38 heavy (non-hydrogen) atoms. The Bertz CT molecular complexity index is 1360. The second kappa shape index (κ2) is 8.82. The van der Waals surface area contributed by atoms with Crippen LogP contribution in [-0.2, 0) is 0 Å². The molecule has 0 radical (unpaired) electrons. The van der Waals surface area contributed by atoms with Crippen molar-refractivity contribution in [1.29, 1.82) is 0 Å². The molecule has 7 rings (SSSR count). The van der Waals surface area contributed by atoms with E-state index in [4.69, 9.17) is 9.47 Å². The molecule has 3 aliphatic carbocycles. The van der Waals surface area contributed by atoms with Crippen molar-refractivity contribution in [1.82, 2.24) is 15.2 Å². The first-order valence-corrected chi connectivity index (χ1v) is 13.8. The lowest BCUT2D eigenvalue weighted by molar-refractivity contribution is -0.0431. The summed E-state index contributed by atoms with van der Waals surface area (Å²) in [6.45, 7) is 3.74. The van der Waals surface area contributed by atoms with Gasteiger partial charge in [-0.05, 0) is 79.3 Å². The fraction of sp³-hybridized carbons (Fsp3) is 0.500. The maximum atomic E-state index is 15.6. The summed E-state index contributed by atoms with van der Waals surface area (Å²) in [4.78, 5) is 6.73. The third kappa shape index (κ3) is 4.24. The van der Waals surface area contributed by atoms with Gasteiger partial charge in [-0.3, -0.25) is 0 Å². The Hall–Kier alpha value is -3.42. The van der Waals surface area contributed by atoms with Crippen molar-refractivity contribution >= 4 is 5.82 Å². The first kappa shape index (κ1) is 23.7. The summed E-state index contributed by atoms with van der Waals surface area (Å²) in [7, 11) is 0. The number of anilines is 1. The average Bonchev–Trinajstić information content (AvgIpc) is 3.68. The Morgan fingerprint density at radius 1 is 0.947 bits per heavy atom. The van der Waals surface area contributed by atoms with Crippen LogP contribution < -0.4 is 14.4 Å². The smallest absolute Gasteiger partial charge is 0.246 e. The lowest BCUT2D eigenvalue weighted by Crippen LogP contribution is -2.52. The zero-order valence-electron chi connectivity index (χ0n) is 21.8. The number of fused-ring (bicyclic) bond motifs is 3. The molecule has 1 aliphatic heterocycles. The molecule has 0 unspecified atom stereocenters. The Balaban J connectivity index is 1.13. The molecule has 2 heterocycles. The van der Waals surface area contributed by atoms with E-state index in [1.807, 2.05) is 38.1 Å². The van der Waals surface area contributed by atoms with E-state index < -0.39 is 12.0 Å². The van der Waals surface area contributed by atoms with Crippen LogP contribution in [0.5, 0.6) is 17.2 Å². The molecule has 7 nitrogen and oxygen atoms in total. The number of alkyl halides is 1. The van der Waals surface area contributed by atoms with Crippen molar-refractivity contribution in [2.45, 2.75) is 82.8 Å². The summed E-state index contributed by atoms with van der Waals surface area (Å²) in [5.41, 5.74) is 2.24. The molecule has 4 aliphatic rings. The highest BCUT2D eigenvalue weighted by atomic mass is 19.1. The van der Waals surface area contributed by atoms with Gasteiger partial charge in [-0.1, -0.05) is 25.0 Å². The van der Waals surface area contributed by atoms with Gasteiger partial charge in [-0.15, -0.1) is 10.2 Å². The Labute approximate surface area is 222 Å². The van der Waals surface area contributed by atoms with Crippen LogP contribution in [0.2, 0.25) is 0 Å². The predicted molar refractivity (Wildman–Crippen MR) is 142 cm³/mol. The lowest BCUT2D eigenvalue weighted by atomic mass is 9.69. The minimum atomic E-state index is -0.826. The molecular weight excluding hydrogens is 483 g/mol. The van der Waals surface area contributed by atoms with Crippen LogP contribution >= 0.6 is 0 Å². The van der Waals surface area contributed by atoms with Crippen LogP contribution in [0.15, 0.2) is 42.6 Å². The van der Waals surface area contributed by atoms with E-state index in [9.17, 15) is 5.11 Å². The van der Waals surface area contributed by atoms with Gasteiger partial charge in [-0.2, -0.15) is 0 Å². The van der Waals surface area contributed by atoms with Gasteiger partial charge in [-0.25, -0.2) is 9.37 Å². The second-order valence-corrected chi connectivity index (χ2v) is 11.8. The number of rotatable bonds is 5. The number of benzene rings is 2. The second-order valence-electron chi connectivity index (χ2n) is 11.8. The number of ether oxygens (including phenoxy) is 2. The van der Waals surface area contributed by atoms with Crippen LogP contribution in [0, 0.1) is 11.8 Å². The molecular formula is C30H33FN4O3. The summed E-state index contributed by atoms with van der Waals surface area (Å²) in [6, 6.07) is 11.3. The molecule has 4 atom stereocenters. The van der Waals surface area contributed by atoms with E-state index in [-0.39, 0.29) is 17.7 Å². The van der Waals surface area contributed by atoms with Crippen molar-refractivity contribution in [3.05, 3.63) is 42.6 Å². The number of phenolic OH excluding ortho intramolecular Hbond substituents is 1. The van der Waals surface area contributed by atoms with E-state index in [1.165, 1.54) is 6.42 Å². The third-order valence-corrected chi connectivity index (χ3v) is 8.55. The number of hydrogen-bond acceptors (Lipinski definition) is 7. The maximum Gasteiger partial charge on any atom is 0.246 e. The molecule has 1 N–H and O–H groups in total. The van der Waals surface area contributed by atoms with Crippen LogP contribution in [0.4, 0.5) is 10.2 Å². The molecule has 2 bridgehead atoms. The van der Waals surface area contributed by atoms with Crippen molar-refractivity contribution in [2.24, 2.45) is 11.8 Å². The van der Waals surface area contributed by atoms with Gasteiger partial charge in [0, 0.05) is 19.9 Å². The average molecular weight is 517 g/mol. The first-order chi connectivity index (χ1) is 18.3. The van der Waals surface area contributed by atoms with Crippen LogP contribution in [0.25, 0.3) is 22.5 Å². The molecule has 2 aromatic carbocycles. The zero-order valence-corrected chi connectivity index (χ0v) is 21.8. The van der Waals surface area contributed by atoms with Gasteiger partial charge in [0.2, 0.25) is 5.79 Å². The Morgan fingerprint density at radius 2 is 1.74 bits per heavy atom. The zero-order chi connectivity index (χ0) is 26.0. The van der Waals surface area contributed by atoms with Gasteiger partial charge in [0.05, 0.1) is 17.8 Å². The molecule has 0 spiro atoms. The van der Waals surface area contributed by atoms with Crippen LogP contribution in [0.3, 0.4) is 0 Å². The number of nitrogens with zero attached hydrogens (tertiary/aromatic N) is 4. The normalized spacial score (nSPS) is 27.2. The molecule has 0 amide bonds. The minimum absolute atomic E-state index is 0.0676. The van der Waals surface area contributed by atoms with Gasteiger partial charge in [0.1, 0.15) is 11.9 Å². The summed E-state index contributed by atoms with van der Waals surface area (Å²) in [6.07, 6.45) is 8.25. The van der Waals surface area contributed by atoms with E-state index in [1.54, 1.807) is 18.3 Å². The quantitative estimate of drug-likeness (QED) is 0.426. The molecule has 1 aromatic heterocycles. The molecule has 8 heteroatoms. The molecule has 198 valence electrons. The van der Waals surface area contributed by atoms with E-state index in [0.717, 1.165) is 49.7 Å². The number of aromatic hydroxyl groups is 1. The van der Waals surface area contributed by atoms with Gasteiger partial charge < -0.3 is 19.5 Å². The van der Waals surface area contributed by atoms with Gasteiger partial charge >= 0.3 is 0 Å². The molecule has 0 saturated heterocycles. The van der Waals surface area contributed by atoms with Crippen molar-refractivity contribution in [2.75, 3.05) is 4.90 Å². The van der Waals surface area contributed by atoms with E-state index >= 15 is 4.39 Å². The lowest BCUT2D eigenvalue weighted by Gasteiger charge is -2.46. The summed E-state index contributed by atoms with van der Waals surface area (Å²) >= 11 is 0. The highest BCUT2D eigenvalue weighted by Crippen LogP contribution is 2.46. The topological polar surface area (TPSA) is 80.6 Å². The summed E-state index contributed by atoms with van der Waals surface area (Å²) in [5.74, 6) is 2.52. The molecule has 3 aromatic rings. The molecule has 3 saturated carbocycles. The van der Waals surface area contributed by atoms with Crippen molar-refractivity contribution in [3.63, 3.8) is 0 Å². The van der Waals surface area contributed by atoms with E-state index in [2.05, 4.69) is 20.1 Å². The highest BCUT2D eigenvalue weighted by Gasteiger charge is 2.47. The Kier molecular flexibility index (Phi) is 5.49. The number of aromatic nitrogens is 3. The SMILES string of the molecule is CC1(C)Oc2ccc(-c3ccc(-c4ncc(N(C5CC5)[C@@H]5C[C@H]6CCC[C@H](C6)[C@@H]5F)nn4)c(O)c3)cc2O1. The third-order valence-electron chi connectivity index (χ3n) is 8.55. The van der Waals surface area contributed by atoms with Gasteiger partial charge in [0.15, 0.2) is 23.1 Å². The Morgan fingerprint density at radius 3 is 2.50 bits per heavy atom. The fourth-order valence-electron chi connectivity index (χ4n) is 6.68. The van der Waals surface area contributed by atoms with Crippen molar-refractivity contribution in [3.8, 4) is 39.8 Å². The van der Waals surface area contributed by atoms with E-state index in [0.29, 0.717) is 40.7 Å². The fourth-order valence-corrected chi connectivity index (χ4v) is 6.68. The van der Waals surface area contributed by atoms with Gasteiger partial charge in [0.25, 0.3) is 0 Å². The molecule has 3 fully saturated rings.